The molecule has 1 aliphatic rings. The average molecular weight is 223 g/mol. The smallest absolute Gasteiger partial charge is 0.149 e. The molecule has 1 fully saturated rings. The monoisotopic (exact) mass is 223 g/mol. The first kappa shape index (κ1) is 13.4. The van der Waals surface area contributed by atoms with Crippen LogP contribution in [0, 0.1) is 17.3 Å². The van der Waals surface area contributed by atoms with Crippen molar-refractivity contribution < 1.29 is 4.79 Å². The Kier molecular flexibility index (Phi) is 4.72. The van der Waals surface area contributed by atoms with E-state index < -0.39 is 0 Å². The van der Waals surface area contributed by atoms with Gasteiger partial charge in [0, 0.05) is 12.5 Å². The van der Waals surface area contributed by atoms with Crippen LogP contribution in [0.25, 0.3) is 0 Å². The van der Waals surface area contributed by atoms with Gasteiger partial charge in [0.1, 0.15) is 5.78 Å². The second-order valence-corrected chi connectivity index (χ2v) is 6.09. The number of hydrogen-bond acceptors (Lipinski definition) is 2. The molecule has 2 unspecified atom stereocenters. The van der Waals surface area contributed by atoms with Gasteiger partial charge in [0.2, 0.25) is 0 Å². The lowest BCUT2D eigenvalue weighted by molar-refractivity contribution is -0.127. The quantitative estimate of drug-likeness (QED) is 0.554. The van der Waals surface area contributed by atoms with Crippen molar-refractivity contribution in [2.24, 2.45) is 17.3 Å². The lowest BCUT2D eigenvalue weighted by atomic mass is 9.65. The normalized spacial score (nSPS) is 24.9. The fourth-order valence-corrected chi connectivity index (χ4v) is 2.45. The molecular formula is C14H25NO. The van der Waals surface area contributed by atoms with Crippen molar-refractivity contribution in [3.05, 3.63) is 12.7 Å². The van der Waals surface area contributed by atoms with Crippen LogP contribution in [0.2, 0.25) is 0 Å². The van der Waals surface area contributed by atoms with Crippen molar-refractivity contribution >= 4 is 5.78 Å². The standard InChI is InChI=1S/C14H25NO/c1-5-8-15-10-13(16)12-7-6-11(12)9-14(2,3)4/h5,11-12,15H,1,6-10H2,2-4H3. The zero-order chi connectivity index (χ0) is 12.2. The van der Waals surface area contributed by atoms with Crippen molar-refractivity contribution in [3.63, 3.8) is 0 Å². The molecular weight excluding hydrogens is 198 g/mol. The molecule has 2 atom stereocenters. The largest absolute Gasteiger partial charge is 0.307 e. The minimum Gasteiger partial charge on any atom is -0.307 e. The van der Waals surface area contributed by atoms with Crippen LogP contribution >= 0.6 is 0 Å². The van der Waals surface area contributed by atoms with Gasteiger partial charge in [0.05, 0.1) is 6.54 Å². The van der Waals surface area contributed by atoms with Crippen molar-refractivity contribution in [2.75, 3.05) is 13.1 Å². The molecule has 0 bridgehead atoms. The lowest BCUT2D eigenvalue weighted by Gasteiger charge is -2.39. The summed E-state index contributed by atoms with van der Waals surface area (Å²) in [6, 6.07) is 0. The van der Waals surface area contributed by atoms with Crippen LogP contribution in [-0.4, -0.2) is 18.9 Å². The minimum absolute atomic E-state index is 0.316. The molecule has 1 aliphatic carbocycles. The van der Waals surface area contributed by atoms with Gasteiger partial charge in [-0.2, -0.15) is 0 Å². The summed E-state index contributed by atoms with van der Waals surface area (Å²) >= 11 is 0. The summed E-state index contributed by atoms with van der Waals surface area (Å²) in [5.74, 6) is 1.33. The van der Waals surface area contributed by atoms with Gasteiger partial charge in [-0.1, -0.05) is 26.8 Å². The van der Waals surface area contributed by atoms with E-state index in [4.69, 9.17) is 0 Å². The third kappa shape index (κ3) is 4.09. The lowest BCUT2D eigenvalue weighted by Crippen LogP contribution is -2.39. The molecule has 2 nitrogen and oxygen atoms in total. The van der Waals surface area contributed by atoms with Gasteiger partial charge in [-0.25, -0.2) is 0 Å². The summed E-state index contributed by atoms with van der Waals surface area (Å²) < 4.78 is 0. The van der Waals surface area contributed by atoms with E-state index in [1.807, 2.05) is 0 Å². The topological polar surface area (TPSA) is 29.1 Å². The molecule has 1 N–H and O–H groups in total. The van der Waals surface area contributed by atoms with Crippen LogP contribution in [0.4, 0.5) is 0 Å². The Labute approximate surface area is 99.5 Å². The first-order chi connectivity index (χ1) is 7.44. The summed E-state index contributed by atoms with van der Waals surface area (Å²) in [6.45, 7) is 11.6. The maximum absolute atomic E-state index is 11.9. The molecule has 0 aromatic heterocycles. The third-order valence-electron chi connectivity index (χ3n) is 3.29. The number of rotatable bonds is 6. The van der Waals surface area contributed by atoms with Crippen molar-refractivity contribution in [2.45, 2.75) is 40.0 Å². The van der Waals surface area contributed by atoms with E-state index in [1.165, 1.54) is 12.8 Å². The molecule has 0 radical (unpaired) electrons. The zero-order valence-electron chi connectivity index (χ0n) is 10.9. The van der Waals surface area contributed by atoms with E-state index in [2.05, 4.69) is 32.7 Å². The van der Waals surface area contributed by atoms with Crippen LogP contribution in [0.1, 0.15) is 40.0 Å². The molecule has 0 spiro atoms. The average Bonchev–Trinajstić information content (AvgIpc) is 2.12. The van der Waals surface area contributed by atoms with E-state index in [-0.39, 0.29) is 0 Å². The Balaban J connectivity index is 2.31. The molecule has 92 valence electrons. The molecule has 0 aliphatic heterocycles. The van der Waals surface area contributed by atoms with E-state index in [9.17, 15) is 4.79 Å². The molecule has 0 aromatic carbocycles. The summed E-state index contributed by atoms with van der Waals surface area (Å²) in [5.41, 5.74) is 0.345. The van der Waals surface area contributed by atoms with E-state index in [0.29, 0.717) is 29.6 Å². The van der Waals surface area contributed by atoms with Crippen molar-refractivity contribution in [3.8, 4) is 0 Å². The third-order valence-corrected chi connectivity index (χ3v) is 3.29. The number of hydrogen-bond donors (Lipinski definition) is 1. The highest BCUT2D eigenvalue weighted by molar-refractivity contribution is 5.84. The molecule has 1 saturated carbocycles. The Morgan fingerprint density at radius 1 is 1.44 bits per heavy atom. The Bertz CT molecular complexity index is 252. The van der Waals surface area contributed by atoms with Crippen LogP contribution < -0.4 is 5.32 Å². The van der Waals surface area contributed by atoms with Gasteiger partial charge < -0.3 is 5.32 Å². The minimum atomic E-state index is 0.316. The Morgan fingerprint density at radius 2 is 2.12 bits per heavy atom. The molecule has 1 rings (SSSR count). The summed E-state index contributed by atoms with van der Waals surface area (Å²) in [7, 11) is 0. The van der Waals surface area contributed by atoms with Gasteiger partial charge >= 0.3 is 0 Å². The fourth-order valence-electron chi connectivity index (χ4n) is 2.45. The van der Waals surface area contributed by atoms with Crippen molar-refractivity contribution in [1.29, 1.82) is 0 Å². The second-order valence-electron chi connectivity index (χ2n) is 6.09. The van der Waals surface area contributed by atoms with Gasteiger partial charge in [-0.15, -0.1) is 6.58 Å². The van der Waals surface area contributed by atoms with Gasteiger partial charge in [0.25, 0.3) is 0 Å². The second kappa shape index (κ2) is 5.62. The van der Waals surface area contributed by atoms with E-state index in [1.54, 1.807) is 6.08 Å². The Hall–Kier alpha value is -0.630. The van der Waals surface area contributed by atoms with E-state index >= 15 is 0 Å². The number of ketones is 1. The van der Waals surface area contributed by atoms with Crippen molar-refractivity contribution in [1.82, 2.24) is 5.32 Å². The maximum Gasteiger partial charge on any atom is 0.149 e. The molecule has 0 heterocycles. The maximum atomic E-state index is 11.9. The number of carbonyl (C=O) groups excluding carboxylic acids is 1. The summed E-state index contributed by atoms with van der Waals surface area (Å²) in [6.07, 6.45) is 5.29. The van der Waals surface area contributed by atoms with Crippen LogP contribution in [0.3, 0.4) is 0 Å². The van der Waals surface area contributed by atoms with Gasteiger partial charge in [-0.3, -0.25) is 4.79 Å². The molecule has 0 saturated heterocycles. The van der Waals surface area contributed by atoms with E-state index in [0.717, 1.165) is 13.0 Å². The first-order valence-electron chi connectivity index (χ1n) is 6.28. The van der Waals surface area contributed by atoms with Gasteiger partial charge in [0.15, 0.2) is 0 Å². The van der Waals surface area contributed by atoms with Crippen LogP contribution in [-0.2, 0) is 4.79 Å². The molecule has 0 aromatic rings. The number of Topliss-reactive ketones (excluding diaryl/α,β-unsaturated/α-hetero) is 1. The SMILES string of the molecule is C=CCNCC(=O)C1CCC1CC(C)(C)C. The zero-order valence-corrected chi connectivity index (χ0v) is 10.9. The molecule has 16 heavy (non-hydrogen) atoms. The predicted octanol–water partition coefficient (Wildman–Crippen LogP) is 2.79. The number of carbonyl (C=O) groups is 1. The summed E-state index contributed by atoms with van der Waals surface area (Å²) in [4.78, 5) is 11.9. The van der Waals surface area contributed by atoms with Gasteiger partial charge in [-0.05, 0) is 30.6 Å². The molecule has 2 heteroatoms. The fraction of sp³-hybridized carbons (Fsp3) is 0.786. The predicted molar refractivity (Wildman–Crippen MR) is 68.4 cm³/mol. The highest BCUT2D eigenvalue weighted by Crippen LogP contribution is 2.42. The number of nitrogens with one attached hydrogen (secondary N) is 1. The summed E-state index contributed by atoms with van der Waals surface area (Å²) in [5, 5.41) is 3.10. The van der Waals surface area contributed by atoms with Crippen LogP contribution in [0.5, 0.6) is 0 Å². The molecule has 0 amide bonds. The Morgan fingerprint density at radius 3 is 2.56 bits per heavy atom. The first-order valence-corrected chi connectivity index (χ1v) is 6.28. The highest BCUT2D eigenvalue weighted by atomic mass is 16.1. The van der Waals surface area contributed by atoms with Crippen LogP contribution in [0.15, 0.2) is 12.7 Å². The highest BCUT2D eigenvalue weighted by Gasteiger charge is 2.37.